The van der Waals surface area contributed by atoms with Gasteiger partial charge < -0.3 is 4.90 Å². The molecule has 0 N–H and O–H groups in total. The number of hydrogen-bond acceptors (Lipinski definition) is 2. The highest BCUT2D eigenvalue weighted by Crippen LogP contribution is 2.15. The molecule has 0 bridgehead atoms. The van der Waals surface area contributed by atoms with Crippen LogP contribution in [0.15, 0.2) is 24.5 Å². The van der Waals surface area contributed by atoms with E-state index in [9.17, 15) is 4.79 Å². The van der Waals surface area contributed by atoms with Gasteiger partial charge in [0.05, 0.1) is 6.54 Å². The van der Waals surface area contributed by atoms with E-state index in [2.05, 4.69) is 4.98 Å². The largest absolute Gasteiger partial charge is 0.334 e. The van der Waals surface area contributed by atoms with Gasteiger partial charge in [-0.2, -0.15) is 0 Å². The summed E-state index contributed by atoms with van der Waals surface area (Å²) in [5, 5.41) is 0. The zero-order valence-electron chi connectivity index (χ0n) is 7.31. The van der Waals surface area contributed by atoms with Gasteiger partial charge in [-0.3, -0.25) is 9.78 Å². The van der Waals surface area contributed by atoms with E-state index in [1.54, 1.807) is 29.4 Å². The van der Waals surface area contributed by atoms with Gasteiger partial charge in [0.1, 0.15) is 0 Å². The normalized spacial score (nSPS) is 16.2. The maximum atomic E-state index is 11.7. The Morgan fingerprint density at radius 2 is 2.15 bits per heavy atom. The number of carbonyl (C=O) groups excluding carboxylic acids is 1. The van der Waals surface area contributed by atoms with Gasteiger partial charge in [0.25, 0.3) is 5.91 Å². The monoisotopic (exact) mass is 175 g/mol. The summed E-state index contributed by atoms with van der Waals surface area (Å²) < 4.78 is 0. The fraction of sp³-hybridized carbons (Fsp3) is 0.300. The molecular weight excluding hydrogens is 164 g/mol. The minimum Gasteiger partial charge on any atom is -0.334 e. The third kappa shape index (κ3) is 1.69. The van der Waals surface area contributed by atoms with Crippen LogP contribution in [0, 0.1) is 6.54 Å². The van der Waals surface area contributed by atoms with Crippen LogP contribution in [0.3, 0.4) is 0 Å². The number of hydrogen-bond donors (Lipinski definition) is 0. The molecule has 1 radical (unpaired) electrons. The van der Waals surface area contributed by atoms with E-state index >= 15 is 0 Å². The molecule has 67 valence electrons. The van der Waals surface area contributed by atoms with Gasteiger partial charge in [-0.15, -0.1) is 0 Å². The Morgan fingerprint density at radius 1 is 1.38 bits per heavy atom. The van der Waals surface area contributed by atoms with Gasteiger partial charge in [-0.05, 0) is 25.0 Å². The van der Waals surface area contributed by atoms with Crippen molar-refractivity contribution in [2.75, 3.05) is 6.54 Å². The van der Waals surface area contributed by atoms with Gasteiger partial charge in [-0.25, -0.2) is 0 Å². The van der Waals surface area contributed by atoms with Crippen LogP contribution in [0.2, 0.25) is 0 Å². The Labute approximate surface area is 77.4 Å². The molecule has 1 aromatic heterocycles. The summed E-state index contributed by atoms with van der Waals surface area (Å²) in [5.41, 5.74) is 0.716. The number of likely N-dealkylation sites (tertiary alicyclic amines) is 1. The maximum absolute atomic E-state index is 11.7. The third-order valence-corrected chi connectivity index (χ3v) is 2.14. The first kappa shape index (κ1) is 8.23. The van der Waals surface area contributed by atoms with E-state index in [0.29, 0.717) is 5.56 Å². The van der Waals surface area contributed by atoms with Crippen LogP contribution in [-0.4, -0.2) is 22.3 Å². The van der Waals surface area contributed by atoms with Crippen LogP contribution in [0.25, 0.3) is 0 Å². The SMILES string of the molecule is O=C(c1ccncc1)N1[CH]CCC1. The first-order valence-corrected chi connectivity index (χ1v) is 4.42. The molecule has 1 aromatic rings. The van der Waals surface area contributed by atoms with Crippen molar-refractivity contribution in [1.29, 1.82) is 0 Å². The fourth-order valence-corrected chi connectivity index (χ4v) is 1.44. The quantitative estimate of drug-likeness (QED) is 0.647. The molecule has 0 unspecified atom stereocenters. The lowest BCUT2D eigenvalue weighted by atomic mass is 10.2. The van der Waals surface area contributed by atoms with E-state index in [-0.39, 0.29) is 5.91 Å². The maximum Gasteiger partial charge on any atom is 0.254 e. The minimum absolute atomic E-state index is 0.0832. The molecule has 3 nitrogen and oxygen atoms in total. The van der Waals surface area contributed by atoms with Gasteiger partial charge >= 0.3 is 0 Å². The predicted molar refractivity (Wildman–Crippen MR) is 48.8 cm³/mol. The van der Waals surface area contributed by atoms with Crippen molar-refractivity contribution in [3.63, 3.8) is 0 Å². The molecule has 1 fully saturated rings. The van der Waals surface area contributed by atoms with E-state index in [1.165, 1.54) is 0 Å². The lowest BCUT2D eigenvalue weighted by molar-refractivity contribution is 0.0820. The van der Waals surface area contributed by atoms with Crippen LogP contribution in [-0.2, 0) is 0 Å². The van der Waals surface area contributed by atoms with Crippen LogP contribution >= 0.6 is 0 Å². The van der Waals surface area contributed by atoms with E-state index in [0.717, 1.165) is 19.4 Å². The second-order valence-corrected chi connectivity index (χ2v) is 3.06. The highest BCUT2D eigenvalue weighted by molar-refractivity contribution is 5.94. The molecule has 2 heterocycles. The highest BCUT2D eigenvalue weighted by atomic mass is 16.2. The number of aromatic nitrogens is 1. The van der Waals surface area contributed by atoms with Crippen LogP contribution in [0.4, 0.5) is 0 Å². The standard InChI is InChI=1S/C10H11N2O/c13-10(12-7-1-2-8-12)9-3-5-11-6-4-9/h3-7H,1-2,8H2. The number of nitrogens with zero attached hydrogens (tertiary/aromatic N) is 2. The lowest BCUT2D eigenvalue weighted by Gasteiger charge is -2.13. The van der Waals surface area contributed by atoms with Gasteiger partial charge in [0.15, 0.2) is 0 Å². The van der Waals surface area contributed by atoms with Gasteiger partial charge in [0.2, 0.25) is 0 Å². The zero-order chi connectivity index (χ0) is 9.10. The number of rotatable bonds is 1. The predicted octanol–water partition coefficient (Wildman–Crippen LogP) is 1.48. The van der Waals surface area contributed by atoms with Crippen molar-refractivity contribution < 1.29 is 4.79 Å². The molecule has 1 aliphatic heterocycles. The lowest BCUT2D eigenvalue weighted by Crippen LogP contribution is -2.24. The first-order valence-electron chi connectivity index (χ1n) is 4.42. The molecule has 1 saturated heterocycles. The summed E-state index contributed by atoms with van der Waals surface area (Å²) in [6.45, 7) is 2.81. The van der Waals surface area contributed by atoms with E-state index < -0.39 is 0 Å². The second kappa shape index (κ2) is 3.56. The van der Waals surface area contributed by atoms with Crippen LogP contribution in [0.1, 0.15) is 23.2 Å². The Bertz CT molecular complexity index is 291. The van der Waals surface area contributed by atoms with E-state index in [1.807, 2.05) is 6.54 Å². The van der Waals surface area contributed by atoms with Gasteiger partial charge in [0, 0.05) is 24.5 Å². The topological polar surface area (TPSA) is 33.2 Å². The van der Waals surface area contributed by atoms with Crippen molar-refractivity contribution in [3.8, 4) is 0 Å². The summed E-state index contributed by atoms with van der Waals surface area (Å²) in [7, 11) is 0. The van der Waals surface area contributed by atoms with Gasteiger partial charge in [-0.1, -0.05) is 0 Å². The fourth-order valence-electron chi connectivity index (χ4n) is 1.44. The summed E-state index contributed by atoms with van der Waals surface area (Å²) in [6, 6.07) is 3.49. The summed E-state index contributed by atoms with van der Waals surface area (Å²) in [4.78, 5) is 17.4. The van der Waals surface area contributed by atoms with E-state index in [4.69, 9.17) is 0 Å². The summed E-state index contributed by atoms with van der Waals surface area (Å²) >= 11 is 0. The molecule has 0 spiro atoms. The molecule has 0 saturated carbocycles. The van der Waals surface area contributed by atoms with Crippen LogP contribution < -0.4 is 0 Å². The van der Waals surface area contributed by atoms with Crippen molar-refractivity contribution >= 4 is 5.91 Å². The molecular formula is C10H11N2O. The Balaban J connectivity index is 2.13. The molecule has 0 aromatic carbocycles. The van der Waals surface area contributed by atoms with Crippen molar-refractivity contribution in [2.45, 2.75) is 12.8 Å². The number of carbonyl (C=O) groups is 1. The smallest absolute Gasteiger partial charge is 0.254 e. The number of amides is 1. The van der Waals surface area contributed by atoms with Crippen molar-refractivity contribution in [1.82, 2.24) is 9.88 Å². The average molecular weight is 175 g/mol. The molecule has 3 heteroatoms. The second-order valence-electron chi connectivity index (χ2n) is 3.06. The Kier molecular flexibility index (Phi) is 2.25. The molecule has 1 amide bonds. The van der Waals surface area contributed by atoms with Crippen LogP contribution in [0.5, 0.6) is 0 Å². The summed E-state index contributed by atoms with van der Waals surface area (Å²) in [5.74, 6) is 0.0832. The first-order chi connectivity index (χ1) is 6.38. The Morgan fingerprint density at radius 3 is 2.77 bits per heavy atom. The number of pyridine rings is 1. The van der Waals surface area contributed by atoms with Crippen molar-refractivity contribution in [2.24, 2.45) is 0 Å². The zero-order valence-corrected chi connectivity index (χ0v) is 7.31. The minimum atomic E-state index is 0.0832. The average Bonchev–Trinajstić information content (AvgIpc) is 2.71. The summed E-state index contributed by atoms with van der Waals surface area (Å²) in [6.07, 6.45) is 5.38. The molecule has 0 atom stereocenters. The molecule has 2 rings (SSSR count). The highest BCUT2D eigenvalue weighted by Gasteiger charge is 2.19. The molecule has 0 aliphatic carbocycles. The third-order valence-electron chi connectivity index (χ3n) is 2.14. The molecule has 1 aliphatic rings. The Hall–Kier alpha value is -1.38. The molecule has 13 heavy (non-hydrogen) atoms. The van der Waals surface area contributed by atoms with Crippen molar-refractivity contribution in [3.05, 3.63) is 36.6 Å².